The fourth-order valence-electron chi connectivity index (χ4n) is 2.43. The first-order valence-electron chi connectivity index (χ1n) is 7.17. The van der Waals surface area contributed by atoms with Crippen LogP contribution in [0.15, 0.2) is 51.8 Å². The van der Waals surface area contributed by atoms with Gasteiger partial charge in [-0.1, -0.05) is 0 Å². The van der Waals surface area contributed by atoms with E-state index in [2.05, 4.69) is 0 Å². The summed E-state index contributed by atoms with van der Waals surface area (Å²) in [5.41, 5.74) is 1.28. The second-order valence-corrected chi connectivity index (χ2v) is 5.53. The van der Waals surface area contributed by atoms with Crippen LogP contribution in [0, 0.1) is 19.7 Å². The number of benzene rings is 1. The van der Waals surface area contributed by atoms with Crippen molar-refractivity contribution in [2.45, 2.75) is 20.4 Å². The van der Waals surface area contributed by atoms with Crippen molar-refractivity contribution in [1.82, 2.24) is 0 Å². The third-order valence-corrected chi connectivity index (χ3v) is 3.71. The Hall–Kier alpha value is -2.82. The van der Waals surface area contributed by atoms with E-state index < -0.39 is 11.4 Å². The number of aromatic nitrogens is 1. The molecule has 0 aliphatic carbocycles. The number of hydrogen-bond acceptors (Lipinski definition) is 3. The number of fused-ring (bicyclic) bond motifs is 1. The maximum absolute atomic E-state index is 13.2. The molecule has 0 saturated carbocycles. The van der Waals surface area contributed by atoms with Crippen molar-refractivity contribution in [1.29, 1.82) is 0 Å². The summed E-state index contributed by atoms with van der Waals surface area (Å²) in [6.07, 6.45) is 1.85. The van der Waals surface area contributed by atoms with Crippen molar-refractivity contribution in [3.8, 4) is 0 Å². The van der Waals surface area contributed by atoms with Gasteiger partial charge in [-0.2, -0.15) is 4.57 Å². The molecular weight excluding hydrogens is 297 g/mol. The quantitative estimate of drug-likeness (QED) is 0.424. The summed E-state index contributed by atoms with van der Waals surface area (Å²) in [7, 11) is 0. The van der Waals surface area contributed by atoms with Gasteiger partial charge in [-0.05, 0) is 31.2 Å². The van der Waals surface area contributed by atoms with Gasteiger partial charge in [0, 0.05) is 30.0 Å². The van der Waals surface area contributed by atoms with Gasteiger partial charge in [-0.3, -0.25) is 4.79 Å². The number of carbonyl (C=O) groups is 1. The lowest BCUT2D eigenvalue weighted by Crippen LogP contribution is -2.41. The van der Waals surface area contributed by atoms with Gasteiger partial charge in [0.15, 0.2) is 11.9 Å². The van der Waals surface area contributed by atoms with Gasteiger partial charge in [0.05, 0.1) is 0 Å². The molecule has 2 heterocycles. The molecule has 0 unspecified atom stereocenters. The van der Waals surface area contributed by atoms with Crippen LogP contribution in [0.4, 0.5) is 4.39 Å². The second kappa shape index (κ2) is 5.76. The highest BCUT2D eigenvalue weighted by Gasteiger charge is 2.19. The summed E-state index contributed by atoms with van der Waals surface area (Å²) < 4.78 is 20.0. The Kier molecular flexibility index (Phi) is 3.78. The van der Waals surface area contributed by atoms with Gasteiger partial charge >= 0.3 is 5.63 Å². The Morgan fingerprint density at radius 3 is 2.74 bits per heavy atom. The first-order chi connectivity index (χ1) is 10.9. The number of rotatable bonds is 3. The van der Waals surface area contributed by atoms with Gasteiger partial charge in [0.1, 0.15) is 17.0 Å². The smallest absolute Gasteiger partial charge is 0.347 e. The summed E-state index contributed by atoms with van der Waals surface area (Å²) in [6, 6.07) is 9.19. The van der Waals surface area contributed by atoms with Crippen molar-refractivity contribution in [3.63, 3.8) is 0 Å². The summed E-state index contributed by atoms with van der Waals surface area (Å²) in [5.74, 6) is -0.839. The molecule has 0 bridgehead atoms. The number of pyridine rings is 1. The fraction of sp³-hybridized carbons (Fsp3) is 0.167. The normalized spacial score (nSPS) is 10.9. The van der Waals surface area contributed by atoms with Crippen LogP contribution in [-0.2, 0) is 6.54 Å². The molecule has 0 radical (unpaired) electrons. The number of ketones is 1. The topological polar surface area (TPSA) is 51.2 Å². The first kappa shape index (κ1) is 15.1. The Labute approximate surface area is 131 Å². The molecule has 2 aromatic heterocycles. The average Bonchev–Trinajstić information content (AvgIpc) is 2.50. The highest BCUT2D eigenvalue weighted by atomic mass is 19.1. The summed E-state index contributed by atoms with van der Waals surface area (Å²) in [4.78, 5) is 24.5. The van der Waals surface area contributed by atoms with Crippen LogP contribution in [-0.4, -0.2) is 5.78 Å². The molecule has 4 nitrogen and oxygen atoms in total. The van der Waals surface area contributed by atoms with Crippen LogP contribution >= 0.6 is 0 Å². The molecule has 0 aliphatic heterocycles. The van der Waals surface area contributed by atoms with E-state index in [4.69, 9.17) is 4.42 Å². The van der Waals surface area contributed by atoms with Crippen LogP contribution in [0.3, 0.4) is 0 Å². The van der Waals surface area contributed by atoms with Crippen molar-refractivity contribution >= 4 is 16.8 Å². The molecule has 0 fully saturated rings. The van der Waals surface area contributed by atoms with Crippen LogP contribution in [0.1, 0.15) is 21.6 Å². The van der Waals surface area contributed by atoms with Gasteiger partial charge in [-0.25, -0.2) is 9.18 Å². The van der Waals surface area contributed by atoms with E-state index in [0.29, 0.717) is 5.39 Å². The van der Waals surface area contributed by atoms with Gasteiger partial charge < -0.3 is 4.42 Å². The molecule has 116 valence electrons. The highest BCUT2D eigenvalue weighted by molar-refractivity contribution is 5.97. The van der Waals surface area contributed by atoms with Crippen LogP contribution in [0.25, 0.3) is 11.0 Å². The number of Topliss-reactive ketones (excluding diaryl/α,β-unsaturated/α-hetero) is 1. The van der Waals surface area contributed by atoms with Crippen molar-refractivity contribution in [3.05, 3.63) is 75.7 Å². The maximum atomic E-state index is 13.2. The lowest BCUT2D eigenvalue weighted by atomic mass is 10.1. The summed E-state index contributed by atoms with van der Waals surface area (Å²) in [5, 5.41) is 0.514. The zero-order valence-corrected chi connectivity index (χ0v) is 12.8. The third-order valence-electron chi connectivity index (χ3n) is 3.71. The molecule has 23 heavy (non-hydrogen) atoms. The van der Waals surface area contributed by atoms with Crippen LogP contribution < -0.4 is 10.2 Å². The van der Waals surface area contributed by atoms with Gasteiger partial charge in [-0.15, -0.1) is 0 Å². The third kappa shape index (κ3) is 3.04. The van der Waals surface area contributed by atoms with Crippen LogP contribution in [0.2, 0.25) is 0 Å². The maximum Gasteiger partial charge on any atom is 0.347 e. The zero-order chi connectivity index (χ0) is 16.6. The second-order valence-electron chi connectivity index (χ2n) is 5.53. The molecule has 0 N–H and O–H groups in total. The minimum absolute atomic E-state index is 0.0301. The number of hydrogen-bond donors (Lipinski definition) is 0. The molecule has 0 atom stereocenters. The summed E-state index contributed by atoms with van der Waals surface area (Å²) >= 11 is 0. The van der Waals surface area contributed by atoms with E-state index in [1.54, 1.807) is 4.57 Å². The Morgan fingerprint density at radius 2 is 1.96 bits per heavy atom. The van der Waals surface area contributed by atoms with Gasteiger partial charge in [0.2, 0.25) is 12.3 Å². The largest absolute Gasteiger partial charge is 0.422 e. The van der Waals surface area contributed by atoms with E-state index >= 15 is 0 Å². The first-order valence-corrected chi connectivity index (χ1v) is 7.17. The number of carbonyl (C=O) groups excluding carboxylic acids is 1. The standard InChI is InChI=1S/C18H15FNO3/c1-11-3-4-12(2)20(9-11)10-16(21)15-7-13-5-6-14(19)8-17(13)23-18(15)22/h3-9H,10H2,1-2H3/q+1. The molecule has 1 aromatic carbocycles. The molecule has 3 rings (SSSR count). The Balaban J connectivity index is 2.00. The SMILES string of the molecule is Cc1ccc(C)[n+](CC(=O)c2cc3ccc(F)cc3oc2=O)c1. The van der Waals surface area contributed by atoms with Crippen molar-refractivity contribution in [2.75, 3.05) is 0 Å². The zero-order valence-electron chi connectivity index (χ0n) is 12.8. The molecule has 0 saturated heterocycles. The molecule has 3 aromatic rings. The molecule has 0 spiro atoms. The average molecular weight is 312 g/mol. The van der Waals surface area contributed by atoms with E-state index in [9.17, 15) is 14.0 Å². The Morgan fingerprint density at radius 1 is 1.17 bits per heavy atom. The summed E-state index contributed by atoms with van der Waals surface area (Å²) in [6.45, 7) is 3.86. The monoisotopic (exact) mass is 312 g/mol. The minimum atomic E-state index is -0.751. The van der Waals surface area contributed by atoms with E-state index in [0.717, 1.165) is 17.3 Å². The predicted octanol–water partition coefficient (Wildman–Crippen LogP) is 2.72. The van der Waals surface area contributed by atoms with Gasteiger partial charge in [0.25, 0.3) is 0 Å². The lowest BCUT2D eigenvalue weighted by Gasteiger charge is -2.03. The predicted molar refractivity (Wildman–Crippen MR) is 82.9 cm³/mol. The molecule has 0 aliphatic rings. The van der Waals surface area contributed by atoms with Crippen LogP contribution in [0.5, 0.6) is 0 Å². The Bertz CT molecular complexity index is 976. The fourth-order valence-corrected chi connectivity index (χ4v) is 2.43. The molecule has 5 heteroatoms. The van der Waals surface area contributed by atoms with Crippen molar-refractivity contribution in [2.24, 2.45) is 0 Å². The number of halogens is 1. The van der Waals surface area contributed by atoms with E-state index in [-0.39, 0.29) is 23.5 Å². The molecular formula is C18H15FNO3+. The van der Waals surface area contributed by atoms with E-state index in [1.807, 2.05) is 32.2 Å². The number of aryl methyl sites for hydroxylation is 2. The highest BCUT2D eigenvalue weighted by Crippen LogP contribution is 2.15. The number of nitrogens with zero attached hydrogens (tertiary/aromatic N) is 1. The minimum Gasteiger partial charge on any atom is -0.422 e. The van der Waals surface area contributed by atoms with Crippen molar-refractivity contribution < 1.29 is 18.2 Å². The lowest BCUT2D eigenvalue weighted by molar-refractivity contribution is -0.689. The van der Waals surface area contributed by atoms with E-state index in [1.165, 1.54) is 18.2 Å². The molecule has 0 amide bonds.